The van der Waals surface area contributed by atoms with Gasteiger partial charge in [0.05, 0.1) is 6.10 Å². The summed E-state index contributed by atoms with van der Waals surface area (Å²) in [5.74, 6) is 0.261. The van der Waals surface area contributed by atoms with Crippen molar-refractivity contribution in [3.8, 4) is 0 Å². The molecule has 4 heteroatoms. The van der Waals surface area contributed by atoms with Crippen LogP contribution in [0.25, 0.3) is 0 Å². The second-order valence-corrected chi connectivity index (χ2v) is 4.41. The molecule has 3 nitrogen and oxygen atoms in total. The minimum absolute atomic E-state index is 0.110. The maximum absolute atomic E-state index is 10.9. The molecule has 0 aromatic carbocycles. The molecule has 1 saturated heterocycles. The van der Waals surface area contributed by atoms with Crippen molar-refractivity contribution in [2.45, 2.75) is 45.5 Å². The van der Waals surface area contributed by atoms with Gasteiger partial charge >= 0.3 is 5.97 Å². The Morgan fingerprint density at radius 2 is 1.86 bits per heavy atom. The van der Waals surface area contributed by atoms with E-state index in [4.69, 9.17) is 21.1 Å². The summed E-state index contributed by atoms with van der Waals surface area (Å²) in [5.41, 5.74) is -0.528. The van der Waals surface area contributed by atoms with E-state index in [9.17, 15) is 4.79 Å². The highest BCUT2D eigenvalue weighted by molar-refractivity contribution is 6.20. The van der Waals surface area contributed by atoms with Crippen LogP contribution >= 0.6 is 11.6 Å². The Labute approximate surface area is 89.7 Å². The van der Waals surface area contributed by atoms with Crippen molar-refractivity contribution >= 4 is 17.6 Å². The van der Waals surface area contributed by atoms with E-state index in [0.717, 1.165) is 0 Å². The normalized spacial score (nSPS) is 43.4. The van der Waals surface area contributed by atoms with Gasteiger partial charge in [-0.15, -0.1) is 0 Å². The maximum atomic E-state index is 10.9. The Kier molecular flexibility index (Phi) is 3.78. The number of halogens is 1. The molecular weight excluding hydrogens is 204 g/mol. The second-order valence-electron chi connectivity index (χ2n) is 3.98. The van der Waals surface area contributed by atoms with Crippen LogP contribution in [0.3, 0.4) is 0 Å². The number of alkyl halides is 1. The minimum Gasteiger partial charge on any atom is -0.458 e. The lowest BCUT2D eigenvalue weighted by Crippen LogP contribution is -2.47. The lowest BCUT2D eigenvalue weighted by Gasteiger charge is -2.40. The van der Waals surface area contributed by atoms with E-state index in [-0.39, 0.29) is 24.1 Å². The van der Waals surface area contributed by atoms with Crippen molar-refractivity contribution in [1.29, 1.82) is 0 Å². The van der Waals surface area contributed by atoms with Crippen molar-refractivity contribution in [1.82, 2.24) is 0 Å². The molecule has 0 aliphatic carbocycles. The number of hydrogen-bond acceptors (Lipinski definition) is 3. The van der Waals surface area contributed by atoms with Crippen LogP contribution in [0.15, 0.2) is 0 Å². The molecule has 0 amide bonds. The first-order chi connectivity index (χ1) is 6.43. The van der Waals surface area contributed by atoms with Crippen molar-refractivity contribution in [2.24, 2.45) is 11.8 Å². The molecule has 5 atom stereocenters. The molecule has 82 valence electrons. The molecule has 1 aliphatic rings. The van der Waals surface area contributed by atoms with Crippen LogP contribution in [0.1, 0.15) is 27.7 Å². The Hall–Kier alpha value is -0.280. The Morgan fingerprint density at radius 3 is 2.36 bits per heavy atom. The summed E-state index contributed by atoms with van der Waals surface area (Å²) in [4.78, 5) is 10.9. The smallest absolute Gasteiger partial charge is 0.303 e. The van der Waals surface area contributed by atoms with Crippen molar-refractivity contribution in [3.63, 3.8) is 0 Å². The first kappa shape index (κ1) is 11.8. The molecule has 1 heterocycles. The summed E-state index contributed by atoms with van der Waals surface area (Å²) in [7, 11) is 0. The zero-order chi connectivity index (χ0) is 10.9. The van der Waals surface area contributed by atoms with E-state index < -0.39 is 5.56 Å². The fraction of sp³-hybridized carbons (Fsp3) is 0.900. The van der Waals surface area contributed by atoms with E-state index in [0.29, 0.717) is 5.92 Å². The number of esters is 1. The summed E-state index contributed by atoms with van der Waals surface area (Å²) in [6.45, 7) is 7.49. The summed E-state index contributed by atoms with van der Waals surface area (Å²) < 4.78 is 10.6. The van der Waals surface area contributed by atoms with Gasteiger partial charge in [0, 0.05) is 12.8 Å². The molecule has 0 bridgehead atoms. The molecule has 0 N–H and O–H groups in total. The van der Waals surface area contributed by atoms with Gasteiger partial charge < -0.3 is 9.47 Å². The molecule has 14 heavy (non-hydrogen) atoms. The van der Waals surface area contributed by atoms with E-state index in [1.165, 1.54) is 6.92 Å². The molecule has 0 radical (unpaired) electrons. The van der Waals surface area contributed by atoms with Crippen LogP contribution in [-0.4, -0.2) is 23.7 Å². The molecule has 1 fully saturated rings. The van der Waals surface area contributed by atoms with E-state index in [2.05, 4.69) is 6.92 Å². The monoisotopic (exact) mass is 220 g/mol. The molecular formula is C10H17ClO3. The third kappa shape index (κ3) is 2.39. The zero-order valence-corrected chi connectivity index (χ0v) is 9.75. The highest BCUT2D eigenvalue weighted by Crippen LogP contribution is 2.33. The van der Waals surface area contributed by atoms with Gasteiger partial charge in [0.2, 0.25) is 0 Å². The van der Waals surface area contributed by atoms with Crippen LogP contribution < -0.4 is 0 Å². The Bertz CT molecular complexity index is 219. The van der Waals surface area contributed by atoms with Crippen LogP contribution in [0.4, 0.5) is 0 Å². The largest absolute Gasteiger partial charge is 0.458 e. The van der Waals surface area contributed by atoms with Crippen LogP contribution in [0.5, 0.6) is 0 Å². The fourth-order valence-corrected chi connectivity index (χ4v) is 2.17. The lowest BCUT2D eigenvalue weighted by atomic mass is 9.85. The lowest BCUT2D eigenvalue weighted by molar-refractivity contribution is -0.175. The van der Waals surface area contributed by atoms with Crippen molar-refractivity contribution in [2.75, 3.05) is 0 Å². The average Bonchev–Trinajstić information content (AvgIpc) is 2.09. The average molecular weight is 221 g/mol. The van der Waals surface area contributed by atoms with E-state index in [1.54, 1.807) is 0 Å². The zero-order valence-electron chi connectivity index (χ0n) is 8.99. The predicted molar refractivity (Wildman–Crippen MR) is 54.1 cm³/mol. The first-order valence-corrected chi connectivity index (χ1v) is 5.34. The van der Waals surface area contributed by atoms with Gasteiger partial charge in [-0.3, -0.25) is 4.79 Å². The summed E-state index contributed by atoms with van der Waals surface area (Å²) in [5, 5.41) is 0. The number of hydrogen-bond donors (Lipinski definition) is 0. The van der Waals surface area contributed by atoms with Crippen molar-refractivity contribution in [3.05, 3.63) is 0 Å². The topological polar surface area (TPSA) is 35.5 Å². The molecule has 1 aliphatic heterocycles. The number of carbonyl (C=O) groups excluding carboxylic acids is 1. The standard InChI is InChI=1S/C10H17ClO3/c1-5-6(2)9(14-8(4)12)10(11)13-7(5)3/h5-7,9-10H,1-4H3/t5-,6+,7?,9?,10-/m1/s1. The van der Waals surface area contributed by atoms with Crippen molar-refractivity contribution < 1.29 is 14.3 Å². The van der Waals surface area contributed by atoms with Gasteiger partial charge in [-0.05, 0) is 12.8 Å². The first-order valence-electron chi connectivity index (χ1n) is 4.90. The minimum atomic E-state index is -0.528. The molecule has 0 aromatic rings. The quantitative estimate of drug-likeness (QED) is 0.502. The van der Waals surface area contributed by atoms with Gasteiger partial charge in [-0.2, -0.15) is 0 Å². The fourth-order valence-electron chi connectivity index (χ4n) is 1.72. The SMILES string of the molecule is CC(=O)OC1[C@H](Cl)OC(C)[C@H](C)[C@@H]1C. The van der Waals surface area contributed by atoms with Gasteiger partial charge in [0.1, 0.15) is 6.10 Å². The van der Waals surface area contributed by atoms with Crippen LogP contribution in [-0.2, 0) is 14.3 Å². The van der Waals surface area contributed by atoms with Gasteiger partial charge in [-0.1, -0.05) is 25.4 Å². The van der Waals surface area contributed by atoms with Gasteiger partial charge in [0.25, 0.3) is 0 Å². The predicted octanol–water partition coefficient (Wildman–Crippen LogP) is 2.17. The summed E-state index contributed by atoms with van der Waals surface area (Å²) in [6, 6.07) is 0. The molecule has 0 spiro atoms. The Morgan fingerprint density at radius 1 is 1.29 bits per heavy atom. The second kappa shape index (κ2) is 4.49. The third-order valence-corrected chi connectivity index (χ3v) is 3.34. The highest BCUT2D eigenvalue weighted by atomic mass is 35.5. The molecule has 0 aromatic heterocycles. The van der Waals surface area contributed by atoms with E-state index >= 15 is 0 Å². The highest BCUT2D eigenvalue weighted by Gasteiger charge is 2.40. The number of rotatable bonds is 1. The summed E-state index contributed by atoms with van der Waals surface area (Å²) in [6.07, 6.45) is -0.223. The molecule has 0 saturated carbocycles. The van der Waals surface area contributed by atoms with Gasteiger partial charge in [-0.25, -0.2) is 0 Å². The molecule has 1 rings (SSSR count). The molecule has 2 unspecified atom stereocenters. The van der Waals surface area contributed by atoms with Crippen LogP contribution in [0, 0.1) is 11.8 Å². The Balaban J connectivity index is 2.68. The van der Waals surface area contributed by atoms with Crippen LogP contribution in [0.2, 0.25) is 0 Å². The number of carbonyl (C=O) groups is 1. The van der Waals surface area contributed by atoms with E-state index in [1.807, 2.05) is 13.8 Å². The third-order valence-electron chi connectivity index (χ3n) is 2.99. The summed E-state index contributed by atoms with van der Waals surface area (Å²) >= 11 is 5.98. The van der Waals surface area contributed by atoms with Gasteiger partial charge in [0.15, 0.2) is 5.56 Å². The number of ether oxygens (including phenoxy) is 2. The maximum Gasteiger partial charge on any atom is 0.303 e.